The van der Waals surface area contributed by atoms with Gasteiger partial charge in [-0.05, 0) is 62.5 Å². The van der Waals surface area contributed by atoms with Crippen LogP contribution in [0.15, 0.2) is 42.6 Å². The first-order chi connectivity index (χ1) is 12.6. The molecule has 1 amide bonds. The van der Waals surface area contributed by atoms with Crippen LogP contribution >= 0.6 is 0 Å². The second kappa shape index (κ2) is 10.6. The minimum atomic E-state index is -0.127. The van der Waals surface area contributed by atoms with Crippen LogP contribution in [0.1, 0.15) is 43.1 Å². The molecule has 2 rings (SSSR count). The molecule has 2 N–H and O–H groups in total. The van der Waals surface area contributed by atoms with Crippen molar-refractivity contribution in [3.8, 4) is 11.6 Å². The SMILES string of the molecule is CCNC(=O)c1ccc(Oc2ccc(CCNCCC(C)C)cc2)nc1. The van der Waals surface area contributed by atoms with E-state index in [9.17, 15) is 4.79 Å². The third kappa shape index (κ3) is 6.84. The molecule has 0 aliphatic carbocycles. The number of rotatable bonds is 10. The molecular weight excluding hydrogens is 326 g/mol. The summed E-state index contributed by atoms with van der Waals surface area (Å²) in [5.74, 6) is 1.82. The van der Waals surface area contributed by atoms with Crippen molar-refractivity contribution < 1.29 is 9.53 Å². The second-order valence-corrected chi connectivity index (χ2v) is 6.67. The van der Waals surface area contributed by atoms with Crippen molar-refractivity contribution in [1.29, 1.82) is 0 Å². The van der Waals surface area contributed by atoms with Gasteiger partial charge in [-0.2, -0.15) is 0 Å². The molecule has 0 saturated heterocycles. The first-order valence-electron chi connectivity index (χ1n) is 9.30. The van der Waals surface area contributed by atoms with Gasteiger partial charge in [0.25, 0.3) is 5.91 Å². The van der Waals surface area contributed by atoms with Crippen LogP contribution in [0.3, 0.4) is 0 Å². The summed E-state index contributed by atoms with van der Waals surface area (Å²) in [7, 11) is 0. The number of hydrogen-bond acceptors (Lipinski definition) is 4. The zero-order valence-corrected chi connectivity index (χ0v) is 15.9. The molecule has 2 aromatic rings. The van der Waals surface area contributed by atoms with E-state index in [0.717, 1.165) is 31.2 Å². The van der Waals surface area contributed by atoms with E-state index in [4.69, 9.17) is 4.74 Å². The topological polar surface area (TPSA) is 63.2 Å². The summed E-state index contributed by atoms with van der Waals surface area (Å²) in [5, 5.41) is 6.21. The first kappa shape index (κ1) is 19.9. The molecule has 5 heteroatoms. The van der Waals surface area contributed by atoms with Gasteiger partial charge in [0.1, 0.15) is 5.75 Å². The van der Waals surface area contributed by atoms with E-state index in [1.54, 1.807) is 12.1 Å². The van der Waals surface area contributed by atoms with Gasteiger partial charge >= 0.3 is 0 Å². The van der Waals surface area contributed by atoms with Crippen LogP contribution in [0.4, 0.5) is 0 Å². The maximum Gasteiger partial charge on any atom is 0.252 e. The summed E-state index contributed by atoms with van der Waals surface area (Å²) in [4.78, 5) is 15.9. The summed E-state index contributed by atoms with van der Waals surface area (Å²) < 4.78 is 5.74. The van der Waals surface area contributed by atoms with E-state index >= 15 is 0 Å². The standard InChI is InChI=1S/C21H29N3O2/c1-4-23-21(25)18-7-10-20(24-15-18)26-19-8-5-17(6-9-19)12-14-22-13-11-16(2)3/h5-10,15-16,22H,4,11-14H2,1-3H3,(H,23,25). The zero-order valence-electron chi connectivity index (χ0n) is 15.9. The molecular formula is C21H29N3O2. The Morgan fingerprint density at radius 2 is 1.88 bits per heavy atom. The first-order valence-corrected chi connectivity index (χ1v) is 9.30. The molecule has 1 aromatic carbocycles. The van der Waals surface area contributed by atoms with Crippen molar-refractivity contribution in [1.82, 2.24) is 15.6 Å². The van der Waals surface area contributed by atoms with Gasteiger partial charge in [0.15, 0.2) is 0 Å². The van der Waals surface area contributed by atoms with E-state index in [1.165, 1.54) is 18.2 Å². The molecule has 26 heavy (non-hydrogen) atoms. The van der Waals surface area contributed by atoms with Gasteiger partial charge in [0.05, 0.1) is 5.56 Å². The Kier molecular flexibility index (Phi) is 8.09. The van der Waals surface area contributed by atoms with Gasteiger partial charge in [-0.25, -0.2) is 4.98 Å². The molecule has 0 bridgehead atoms. The Hall–Kier alpha value is -2.40. The molecule has 0 aliphatic heterocycles. The lowest BCUT2D eigenvalue weighted by Gasteiger charge is -2.08. The molecule has 0 aliphatic rings. The number of amides is 1. The van der Waals surface area contributed by atoms with Crippen molar-refractivity contribution in [2.75, 3.05) is 19.6 Å². The Labute approximate surface area is 156 Å². The highest BCUT2D eigenvalue weighted by molar-refractivity contribution is 5.93. The summed E-state index contributed by atoms with van der Waals surface area (Å²) in [5.41, 5.74) is 1.80. The summed E-state index contributed by atoms with van der Waals surface area (Å²) in [6, 6.07) is 11.5. The molecule has 140 valence electrons. The Morgan fingerprint density at radius 3 is 2.50 bits per heavy atom. The second-order valence-electron chi connectivity index (χ2n) is 6.67. The normalized spacial score (nSPS) is 10.8. The van der Waals surface area contributed by atoms with E-state index in [1.807, 2.05) is 19.1 Å². The van der Waals surface area contributed by atoms with Crippen molar-refractivity contribution >= 4 is 5.91 Å². The number of carbonyl (C=O) groups excluding carboxylic acids is 1. The fraction of sp³-hybridized carbons (Fsp3) is 0.429. The fourth-order valence-corrected chi connectivity index (χ4v) is 2.43. The number of benzene rings is 1. The molecule has 1 aromatic heterocycles. The lowest BCUT2D eigenvalue weighted by molar-refractivity contribution is 0.0955. The summed E-state index contributed by atoms with van der Waals surface area (Å²) in [6.45, 7) is 9.00. The Morgan fingerprint density at radius 1 is 1.12 bits per heavy atom. The highest BCUT2D eigenvalue weighted by Crippen LogP contribution is 2.20. The Balaban J connectivity index is 1.80. The average molecular weight is 355 g/mol. The highest BCUT2D eigenvalue weighted by Gasteiger charge is 2.05. The van der Waals surface area contributed by atoms with Gasteiger partial charge in [-0.1, -0.05) is 26.0 Å². The van der Waals surface area contributed by atoms with Gasteiger partial charge < -0.3 is 15.4 Å². The predicted octanol–water partition coefficient (Wildman–Crippen LogP) is 3.80. The third-order valence-corrected chi connectivity index (χ3v) is 3.97. The minimum absolute atomic E-state index is 0.127. The van der Waals surface area contributed by atoms with Crippen LogP contribution in [0, 0.1) is 5.92 Å². The van der Waals surface area contributed by atoms with E-state index < -0.39 is 0 Å². The maximum absolute atomic E-state index is 11.7. The summed E-state index contributed by atoms with van der Waals surface area (Å²) in [6.07, 6.45) is 3.73. The number of nitrogens with one attached hydrogen (secondary N) is 2. The van der Waals surface area contributed by atoms with E-state index in [0.29, 0.717) is 18.0 Å². The molecule has 5 nitrogen and oxygen atoms in total. The van der Waals surface area contributed by atoms with E-state index in [2.05, 4.69) is 41.6 Å². The largest absolute Gasteiger partial charge is 0.439 e. The Bertz CT molecular complexity index is 667. The molecule has 0 saturated carbocycles. The highest BCUT2D eigenvalue weighted by atomic mass is 16.5. The maximum atomic E-state index is 11.7. The van der Waals surface area contributed by atoms with Crippen LogP contribution in [-0.4, -0.2) is 30.5 Å². The number of hydrogen-bond donors (Lipinski definition) is 2. The number of nitrogens with zero attached hydrogens (tertiary/aromatic N) is 1. The van der Waals surface area contributed by atoms with Gasteiger partial charge in [0, 0.05) is 18.8 Å². The fourth-order valence-electron chi connectivity index (χ4n) is 2.43. The van der Waals surface area contributed by atoms with Crippen molar-refractivity contribution in [2.45, 2.75) is 33.6 Å². The van der Waals surface area contributed by atoms with E-state index in [-0.39, 0.29) is 5.91 Å². The zero-order chi connectivity index (χ0) is 18.8. The monoisotopic (exact) mass is 355 g/mol. The molecule has 0 radical (unpaired) electrons. The lowest BCUT2D eigenvalue weighted by atomic mass is 10.1. The van der Waals surface area contributed by atoms with Gasteiger partial charge in [-0.3, -0.25) is 4.79 Å². The number of pyridine rings is 1. The predicted molar refractivity (Wildman–Crippen MR) is 105 cm³/mol. The molecule has 1 heterocycles. The molecule has 0 spiro atoms. The van der Waals surface area contributed by atoms with Gasteiger partial charge in [-0.15, -0.1) is 0 Å². The number of ether oxygens (including phenoxy) is 1. The number of carbonyl (C=O) groups is 1. The van der Waals surface area contributed by atoms with Crippen LogP contribution in [-0.2, 0) is 6.42 Å². The van der Waals surface area contributed by atoms with Crippen LogP contribution in [0.25, 0.3) is 0 Å². The van der Waals surface area contributed by atoms with Crippen molar-refractivity contribution in [3.63, 3.8) is 0 Å². The van der Waals surface area contributed by atoms with Crippen molar-refractivity contribution in [2.24, 2.45) is 5.92 Å². The van der Waals surface area contributed by atoms with Gasteiger partial charge in [0.2, 0.25) is 5.88 Å². The third-order valence-electron chi connectivity index (χ3n) is 3.97. The summed E-state index contributed by atoms with van der Waals surface area (Å²) >= 11 is 0. The van der Waals surface area contributed by atoms with Crippen LogP contribution < -0.4 is 15.4 Å². The molecule has 0 atom stereocenters. The lowest BCUT2D eigenvalue weighted by Crippen LogP contribution is -2.22. The van der Waals surface area contributed by atoms with Crippen LogP contribution in [0.5, 0.6) is 11.6 Å². The smallest absolute Gasteiger partial charge is 0.252 e. The average Bonchev–Trinajstić information content (AvgIpc) is 2.63. The minimum Gasteiger partial charge on any atom is -0.439 e. The molecule has 0 unspecified atom stereocenters. The number of aromatic nitrogens is 1. The van der Waals surface area contributed by atoms with Crippen molar-refractivity contribution in [3.05, 3.63) is 53.7 Å². The quantitative estimate of drug-likeness (QED) is 0.636. The van der Waals surface area contributed by atoms with Crippen LogP contribution in [0.2, 0.25) is 0 Å². The molecule has 0 fully saturated rings.